The van der Waals surface area contributed by atoms with Crippen molar-refractivity contribution in [3.8, 4) is 5.75 Å². The molecule has 2 rings (SSSR count). The molecule has 0 saturated heterocycles. The maximum atomic E-state index is 13.2. The van der Waals surface area contributed by atoms with E-state index in [-0.39, 0.29) is 5.75 Å². The zero-order valence-corrected chi connectivity index (χ0v) is 38.2. The summed E-state index contributed by atoms with van der Waals surface area (Å²) in [5.74, 6) is 0.539. The number of phenolic OH excluding ortho intramolecular Hbond substituents is 1. The Balaban J connectivity index is 1.88. The fourth-order valence-electron chi connectivity index (χ4n) is 8.27. The number of hydrazine groups is 2. The van der Waals surface area contributed by atoms with Crippen LogP contribution in [0.5, 0.6) is 5.75 Å². The molecule has 8 nitrogen and oxygen atoms in total. The van der Waals surface area contributed by atoms with Gasteiger partial charge in [0, 0.05) is 13.1 Å². The molecular weight excluding hydrogens is 729 g/mol. The van der Waals surface area contributed by atoms with Gasteiger partial charge in [-0.2, -0.15) is 12.7 Å². The van der Waals surface area contributed by atoms with Gasteiger partial charge in [-0.3, -0.25) is 14.6 Å². The minimum Gasteiger partial charge on any atom is -0.508 e. The summed E-state index contributed by atoms with van der Waals surface area (Å²) >= 11 is 0. The average Bonchev–Trinajstić information content (AvgIpc) is 3.52. The minimum atomic E-state index is -4.66. The molecule has 0 radical (unpaired) electrons. The Morgan fingerprint density at radius 3 is 1.18 bits per heavy atom. The van der Waals surface area contributed by atoms with Crippen LogP contribution in [0.3, 0.4) is 0 Å². The van der Waals surface area contributed by atoms with Crippen molar-refractivity contribution in [2.24, 2.45) is 0 Å². The molecule has 0 saturated carbocycles. The number of anilines is 1. The Hall–Kier alpha value is -1.97. The molecule has 0 fully saturated rings. The number of phenols is 1. The Morgan fingerprint density at radius 2 is 0.807 bits per heavy atom. The largest absolute Gasteiger partial charge is 0.508 e. The molecular formula is C48H90N4O4S. The highest BCUT2D eigenvalue weighted by Gasteiger charge is 2.37. The topological polar surface area (TPSA) is 96.3 Å². The number of hydrogen-bond donors (Lipinski definition) is 3. The first-order chi connectivity index (χ1) is 27.8. The van der Waals surface area contributed by atoms with Crippen LogP contribution in [0.25, 0.3) is 0 Å². The quantitative estimate of drug-likeness (QED) is 0.0448. The van der Waals surface area contributed by atoms with E-state index in [1.54, 1.807) is 12.1 Å². The van der Waals surface area contributed by atoms with Crippen LogP contribution in [-0.4, -0.2) is 41.2 Å². The summed E-state index contributed by atoms with van der Waals surface area (Å²) in [7, 11) is -4.66. The molecule has 1 aromatic carbocycles. The van der Waals surface area contributed by atoms with Gasteiger partial charge < -0.3 is 5.11 Å². The third-order valence-electron chi connectivity index (χ3n) is 11.8. The van der Waals surface area contributed by atoms with E-state index in [4.69, 9.17) is 0 Å². The molecule has 0 spiro atoms. The highest BCUT2D eigenvalue weighted by molar-refractivity contribution is 7.87. The Bertz CT molecular complexity index is 1230. The molecule has 57 heavy (non-hydrogen) atoms. The molecule has 0 amide bonds. The van der Waals surface area contributed by atoms with E-state index in [1.807, 2.05) is 5.01 Å². The van der Waals surface area contributed by atoms with Gasteiger partial charge in [0.2, 0.25) is 0 Å². The highest BCUT2D eigenvalue weighted by Crippen LogP contribution is 2.34. The molecule has 3 N–H and O–H groups in total. The first-order valence-corrected chi connectivity index (χ1v) is 25.8. The number of benzene rings is 1. The summed E-state index contributed by atoms with van der Waals surface area (Å²) in [6.07, 6.45) is 44.5. The normalized spacial score (nSPS) is 13.4. The molecule has 0 atom stereocenters. The summed E-state index contributed by atoms with van der Waals surface area (Å²) in [4.78, 5) is 0. The van der Waals surface area contributed by atoms with Gasteiger partial charge in [-0.05, 0) is 49.9 Å². The second-order valence-electron chi connectivity index (χ2n) is 17.1. The molecule has 0 aromatic heterocycles. The second-order valence-corrected chi connectivity index (χ2v) is 18.4. The molecule has 332 valence electrons. The molecule has 1 aliphatic heterocycles. The van der Waals surface area contributed by atoms with Crippen molar-refractivity contribution >= 4 is 16.0 Å². The number of allylic oxidation sites excluding steroid dienone is 1. The zero-order valence-electron chi connectivity index (χ0n) is 37.4. The van der Waals surface area contributed by atoms with Gasteiger partial charge in [-0.15, -0.1) is 5.53 Å². The van der Waals surface area contributed by atoms with Crippen molar-refractivity contribution in [2.75, 3.05) is 17.4 Å². The third kappa shape index (κ3) is 24.0. The number of aromatic hydroxyl groups is 1. The first-order valence-electron chi connectivity index (χ1n) is 24.4. The van der Waals surface area contributed by atoms with Gasteiger partial charge in [0.25, 0.3) is 0 Å². The van der Waals surface area contributed by atoms with Crippen molar-refractivity contribution in [1.29, 1.82) is 0 Å². The van der Waals surface area contributed by atoms with E-state index in [0.717, 1.165) is 61.5 Å². The summed E-state index contributed by atoms with van der Waals surface area (Å²) in [5.41, 5.74) is 4.77. The van der Waals surface area contributed by atoms with E-state index in [2.05, 4.69) is 31.3 Å². The van der Waals surface area contributed by atoms with Crippen LogP contribution < -0.4 is 9.84 Å². The van der Waals surface area contributed by atoms with Gasteiger partial charge in [-0.1, -0.05) is 220 Å². The van der Waals surface area contributed by atoms with Crippen LogP contribution in [0.4, 0.5) is 5.69 Å². The number of nitrogens with one attached hydrogen (secondary N) is 1. The first kappa shape index (κ1) is 51.2. The van der Waals surface area contributed by atoms with Crippen LogP contribution in [0.1, 0.15) is 245 Å². The maximum absolute atomic E-state index is 13.2. The number of hydrogen-bond acceptors (Lipinski definition) is 6. The third-order valence-corrected chi connectivity index (χ3v) is 12.7. The monoisotopic (exact) mass is 819 g/mol. The van der Waals surface area contributed by atoms with Gasteiger partial charge >= 0.3 is 10.3 Å². The smallest absolute Gasteiger partial charge is 0.365 e. The van der Waals surface area contributed by atoms with Crippen molar-refractivity contribution in [3.05, 3.63) is 35.8 Å². The lowest BCUT2D eigenvalue weighted by Crippen LogP contribution is -2.45. The van der Waals surface area contributed by atoms with Gasteiger partial charge in [0.05, 0.1) is 11.4 Å². The summed E-state index contributed by atoms with van der Waals surface area (Å²) in [6.45, 7) is 8.14. The lowest BCUT2D eigenvalue weighted by molar-refractivity contribution is 0.115. The summed E-state index contributed by atoms with van der Waals surface area (Å²) in [5, 5.41) is 14.1. The van der Waals surface area contributed by atoms with Crippen molar-refractivity contribution in [2.45, 2.75) is 245 Å². The highest BCUT2D eigenvalue weighted by atomic mass is 32.2. The molecule has 0 aliphatic carbocycles. The van der Waals surface area contributed by atoms with Gasteiger partial charge in [-0.25, -0.2) is 0 Å². The Labute approximate surface area is 352 Å². The van der Waals surface area contributed by atoms with Crippen molar-refractivity contribution in [1.82, 2.24) is 15.6 Å². The molecule has 1 heterocycles. The van der Waals surface area contributed by atoms with Crippen molar-refractivity contribution in [3.63, 3.8) is 0 Å². The SMILES string of the molecule is CCCCCCCCCCCCCCCCCCC1=C(N(c2ccc(O)cc2)S(=O)(=O)O)N(CCCCCCCCCCCCCCCCCC)NN1CCCC. The summed E-state index contributed by atoms with van der Waals surface area (Å²) in [6, 6.07) is 6.06. The van der Waals surface area contributed by atoms with Crippen LogP contribution in [-0.2, 0) is 10.3 Å². The van der Waals surface area contributed by atoms with Crippen molar-refractivity contribution < 1.29 is 18.1 Å². The second kappa shape index (κ2) is 33.8. The standard InChI is InChI=1S/C48H90N4O4S/c1-4-7-10-12-14-16-18-20-22-24-26-28-30-32-34-36-38-47-48(52(57(54,55)56)45-39-41-46(53)42-40-45)51(49-50(47)43-9-6-3)44-37-35-33-31-29-27-25-23-21-19-17-15-13-11-8-5-2/h39-42,49,53H,4-38,43-44H2,1-3H3,(H,54,55,56). The Morgan fingerprint density at radius 1 is 0.474 bits per heavy atom. The molecule has 1 aromatic rings. The Kier molecular flexibility index (Phi) is 30.4. The van der Waals surface area contributed by atoms with E-state index in [0.29, 0.717) is 18.1 Å². The number of nitrogens with zero attached hydrogens (tertiary/aromatic N) is 3. The van der Waals surface area contributed by atoms with Crippen LogP contribution in [0.15, 0.2) is 35.8 Å². The van der Waals surface area contributed by atoms with E-state index >= 15 is 0 Å². The number of unbranched alkanes of at least 4 members (excludes halogenated alkanes) is 31. The molecule has 0 unspecified atom stereocenters. The van der Waals surface area contributed by atoms with Gasteiger partial charge in [0.1, 0.15) is 5.75 Å². The van der Waals surface area contributed by atoms with Crippen LogP contribution in [0, 0.1) is 0 Å². The molecule has 9 heteroatoms. The maximum Gasteiger partial charge on any atom is 0.365 e. The van der Waals surface area contributed by atoms with E-state index < -0.39 is 10.3 Å². The summed E-state index contributed by atoms with van der Waals surface area (Å²) < 4.78 is 38.1. The lowest BCUT2D eigenvalue weighted by Gasteiger charge is -2.29. The van der Waals surface area contributed by atoms with Crippen LogP contribution >= 0.6 is 0 Å². The van der Waals surface area contributed by atoms with E-state index in [1.165, 1.54) is 192 Å². The average molecular weight is 819 g/mol. The zero-order chi connectivity index (χ0) is 41.2. The van der Waals surface area contributed by atoms with Gasteiger partial charge in [0.15, 0.2) is 5.82 Å². The molecule has 1 aliphatic rings. The van der Waals surface area contributed by atoms with Crippen LogP contribution in [0.2, 0.25) is 0 Å². The molecule has 0 bridgehead atoms. The predicted octanol–water partition coefficient (Wildman–Crippen LogP) is 14.9. The van der Waals surface area contributed by atoms with E-state index in [9.17, 15) is 18.1 Å². The fourth-order valence-corrected chi connectivity index (χ4v) is 9.08. The lowest BCUT2D eigenvalue weighted by atomic mass is 10.0. The predicted molar refractivity (Wildman–Crippen MR) is 244 cm³/mol. The number of rotatable bonds is 40. The minimum absolute atomic E-state index is 0.0514. The fraction of sp³-hybridized carbons (Fsp3) is 0.833.